The number of aromatic nitrogens is 1. The number of hydrogen-bond donors (Lipinski definition) is 0. The van der Waals surface area contributed by atoms with Crippen LogP contribution in [-0.2, 0) is 0 Å². The summed E-state index contributed by atoms with van der Waals surface area (Å²) in [6.07, 6.45) is 1.86. The van der Waals surface area contributed by atoms with E-state index in [2.05, 4.69) is 37.0 Å². The van der Waals surface area contributed by atoms with Crippen LogP contribution in [0.2, 0.25) is 0 Å². The molecule has 3 aromatic rings. The molecule has 0 saturated carbocycles. The number of ether oxygens (including phenoxy) is 3. The summed E-state index contributed by atoms with van der Waals surface area (Å²) in [5.41, 5.74) is 5.24. The highest BCUT2D eigenvalue weighted by atomic mass is 32.1. The predicted molar refractivity (Wildman–Crippen MR) is 118 cm³/mol. The second kappa shape index (κ2) is 8.96. The Labute approximate surface area is 174 Å². The molecule has 0 amide bonds. The monoisotopic (exact) mass is 411 g/mol. The van der Waals surface area contributed by atoms with Crippen LogP contribution in [0, 0.1) is 13.8 Å². The Kier molecular flexibility index (Phi) is 6.39. The SMILES string of the molecule is CN=c1scc(-c2cc(OC)c(OC)c(OC)c2)n1N=Cc1ccc(C)cc1C. The van der Waals surface area contributed by atoms with Crippen LogP contribution in [0.3, 0.4) is 0 Å². The minimum absolute atomic E-state index is 0.555. The van der Waals surface area contributed by atoms with Gasteiger partial charge in [-0.2, -0.15) is 5.10 Å². The highest BCUT2D eigenvalue weighted by Gasteiger charge is 2.16. The maximum Gasteiger partial charge on any atom is 0.205 e. The Morgan fingerprint density at radius 2 is 1.66 bits per heavy atom. The third kappa shape index (κ3) is 4.19. The van der Waals surface area contributed by atoms with E-state index >= 15 is 0 Å². The zero-order chi connectivity index (χ0) is 21.0. The van der Waals surface area contributed by atoms with Crippen molar-refractivity contribution in [1.82, 2.24) is 4.68 Å². The van der Waals surface area contributed by atoms with E-state index in [1.807, 2.05) is 28.4 Å². The fourth-order valence-electron chi connectivity index (χ4n) is 3.08. The summed E-state index contributed by atoms with van der Waals surface area (Å²) in [5.74, 6) is 1.74. The quantitative estimate of drug-likeness (QED) is 0.569. The Bertz CT molecular complexity index is 1090. The van der Waals surface area contributed by atoms with Crippen molar-refractivity contribution in [2.45, 2.75) is 13.8 Å². The second-order valence-corrected chi connectivity index (χ2v) is 7.29. The molecule has 1 heterocycles. The molecule has 3 rings (SSSR count). The van der Waals surface area contributed by atoms with Crippen LogP contribution in [-0.4, -0.2) is 39.3 Å². The van der Waals surface area contributed by atoms with Crippen molar-refractivity contribution < 1.29 is 14.2 Å². The van der Waals surface area contributed by atoms with E-state index < -0.39 is 0 Å². The summed E-state index contributed by atoms with van der Waals surface area (Å²) in [4.78, 5) is 5.15. The summed E-state index contributed by atoms with van der Waals surface area (Å²) < 4.78 is 18.3. The molecule has 0 fully saturated rings. The maximum atomic E-state index is 5.50. The van der Waals surface area contributed by atoms with Crippen molar-refractivity contribution >= 4 is 17.6 Å². The van der Waals surface area contributed by atoms with Gasteiger partial charge in [0, 0.05) is 18.0 Å². The number of rotatable bonds is 6. The summed E-state index contributed by atoms with van der Waals surface area (Å²) in [5, 5.41) is 6.74. The number of methoxy groups -OCH3 is 3. The lowest BCUT2D eigenvalue weighted by molar-refractivity contribution is 0.324. The van der Waals surface area contributed by atoms with Gasteiger partial charge in [-0.3, -0.25) is 4.99 Å². The van der Waals surface area contributed by atoms with Crippen LogP contribution in [0.25, 0.3) is 11.3 Å². The Morgan fingerprint density at radius 3 is 2.21 bits per heavy atom. The molecule has 0 atom stereocenters. The Balaban J connectivity index is 2.13. The van der Waals surface area contributed by atoms with Gasteiger partial charge in [0.25, 0.3) is 0 Å². The second-order valence-electron chi connectivity index (χ2n) is 6.46. The first-order valence-corrected chi connectivity index (χ1v) is 9.95. The zero-order valence-electron chi connectivity index (χ0n) is 17.5. The van der Waals surface area contributed by atoms with Gasteiger partial charge in [0.15, 0.2) is 11.5 Å². The largest absolute Gasteiger partial charge is 0.493 e. The van der Waals surface area contributed by atoms with Gasteiger partial charge in [-0.25, -0.2) is 4.68 Å². The average molecular weight is 412 g/mol. The molecule has 0 radical (unpaired) electrons. The lowest BCUT2D eigenvalue weighted by Crippen LogP contribution is -2.11. The van der Waals surface area contributed by atoms with Gasteiger partial charge in [-0.05, 0) is 37.1 Å². The van der Waals surface area contributed by atoms with Gasteiger partial charge in [0.2, 0.25) is 10.6 Å². The van der Waals surface area contributed by atoms with Gasteiger partial charge in [-0.15, -0.1) is 11.3 Å². The molecule has 7 heteroatoms. The maximum absolute atomic E-state index is 5.50. The Hall–Kier alpha value is -3.06. The molecule has 29 heavy (non-hydrogen) atoms. The molecule has 2 aromatic carbocycles. The molecule has 0 N–H and O–H groups in total. The molecular formula is C22H25N3O3S. The van der Waals surface area contributed by atoms with Gasteiger partial charge >= 0.3 is 0 Å². The first-order valence-electron chi connectivity index (χ1n) is 9.07. The van der Waals surface area contributed by atoms with Crippen molar-refractivity contribution in [2.75, 3.05) is 28.4 Å². The van der Waals surface area contributed by atoms with Crippen molar-refractivity contribution in [3.05, 3.63) is 57.2 Å². The molecule has 0 aliphatic rings. The number of hydrogen-bond acceptors (Lipinski definition) is 6. The number of aryl methyl sites for hydroxylation is 2. The summed E-state index contributed by atoms with van der Waals surface area (Å²) in [6, 6.07) is 10.1. The van der Waals surface area contributed by atoms with Gasteiger partial charge in [-0.1, -0.05) is 23.8 Å². The van der Waals surface area contributed by atoms with Crippen LogP contribution in [0.5, 0.6) is 17.2 Å². The lowest BCUT2D eigenvalue weighted by atomic mass is 10.1. The Morgan fingerprint density at radius 1 is 0.966 bits per heavy atom. The first-order chi connectivity index (χ1) is 14.0. The minimum Gasteiger partial charge on any atom is -0.493 e. The molecule has 1 aromatic heterocycles. The van der Waals surface area contributed by atoms with E-state index in [1.165, 1.54) is 22.5 Å². The summed E-state index contributed by atoms with van der Waals surface area (Å²) in [6.45, 7) is 4.16. The van der Waals surface area contributed by atoms with Crippen LogP contribution in [0.4, 0.5) is 0 Å². The van der Waals surface area contributed by atoms with Crippen molar-refractivity contribution in [2.24, 2.45) is 10.1 Å². The number of thiazole rings is 1. The minimum atomic E-state index is 0.555. The molecular weight excluding hydrogens is 386 g/mol. The van der Waals surface area contributed by atoms with Gasteiger partial charge in [0.05, 0.1) is 33.2 Å². The van der Waals surface area contributed by atoms with E-state index in [1.54, 1.807) is 28.4 Å². The molecule has 0 saturated heterocycles. The van der Waals surface area contributed by atoms with E-state index in [0.29, 0.717) is 17.2 Å². The highest BCUT2D eigenvalue weighted by molar-refractivity contribution is 7.07. The third-order valence-corrected chi connectivity index (χ3v) is 5.48. The molecule has 0 aliphatic heterocycles. The highest BCUT2D eigenvalue weighted by Crippen LogP contribution is 2.41. The van der Waals surface area contributed by atoms with Crippen LogP contribution in [0.15, 0.2) is 45.8 Å². The number of nitrogens with zero attached hydrogens (tertiary/aromatic N) is 3. The molecule has 6 nitrogen and oxygen atoms in total. The topological polar surface area (TPSA) is 57.3 Å². The van der Waals surface area contributed by atoms with Crippen LogP contribution >= 0.6 is 11.3 Å². The standard InChI is InChI=1S/C22H25N3O3S/c1-14-7-8-16(15(2)9-14)12-24-25-18(13-29-22(25)23-3)17-10-19(26-4)21(28-6)20(11-17)27-5/h7-13H,1-6H3. The van der Waals surface area contributed by atoms with E-state index in [4.69, 9.17) is 19.3 Å². The molecule has 0 unspecified atom stereocenters. The molecule has 0 bridgehead atoms. The summed E-state index contributed by atoms with van der Waals surface area (Å²) >= 11 is 1.52. The van der Waals surface area contributed by atoms with Crippen molar-refractivity contribution in [1.29, 1.82) is 0 Å². The average Bonchev–Trinajstić information content (AvgIpc) is 3.14. The fraction of sp³-hybridized carbons (Fsp3) is 0.273. The third-order valence-electron chi connectivity index (χ3n) is 4.57. The first kappa shape index (κ1) is 20.7. The van der Waals surface area contributed by atoms with E-state index in [-0.39, 0.29) is 0 Å². The van der Waals surface area contributed by atoms with E-state index in [9.17, 15) is 0 Å². The van der Waals surface area contributed by atoms with Gasteiger partial charge in [0.1, 0.15) is 0 Å². The van der Waals surface area contributed by atoms with Crippen LogP contribution in [0.1, 0.15) is 16.7 Å². The molecule has 0 spiro atoms. The normalized spacial score (nSPS) is 11.9. The predicted octanol–water partition coefficient (Wildman–Crippen LogP) is 4.27. The van der Waals surface area contributed by atoms with Crippen molar-refractivity contribution in [3.8, 4) is 28.5 Å². The smallest absolute Gasteiger partial charge is 0.205 e. The lowest BCUT2D eigenvalue weighted by Gasteiger charge is -2.14. The zero-order valence-corrected chi connectivity index (χ0v) is 18.3. The van der Waals surface area contributed by atoms with Crippen molar-refractivity contribution in [3.63, 3.8) is 0 Å². The number of benzene rings is 2. The molecule has 152 valence electrons. The fourth-order valence-corrected chi connectivity index (χ4v) is 3.88. The summed E-state index contributed by atoms with van der Waals surface area (Å²) in [7, 11) is 6.56. The van der Waals surface area contributed by atoms with E-state index in [0.717, 1.165) is 21.6 Å². The molecule has 0 aliphatic carbocycles. The van der Waals surface area contributed by atoms with Gasteiger partial charge < -0.3 is 14.2 Å². The van der Waals surface area contributed by atoms with Crippen LogP contribution < -0.4 is 19.0 Å².